The van der Waals surface area contributed by atoms with Crippen LogP contribution in [0.2, 0.25) is 0 Å². The van der Waals surface area contributed by atoms with E-state index in [0.717, 1.165) is 30.8 Å². The van der Waals surface area contributed by atoms with E-state index < -0.39 is 0 Å². The van der Waals surface area contributed by atoms with Crippen LogP contribution >= 0.6 is 0 Å². The van der Waals surface area contributed by atoms with Gasteiger partial charge in [-0.05, 0) is 56.7 Å². The Morgan fingerprint density at radius 1 is 1.00 bits per heavy atom. The van der Waals surface area contributed by atoms with Gasteiger partial charge in [0.05, 0.1) is 23.5 Å². The summed E-state index contributed by atoms with van der Waals surface area (Å²) in [4.78, 5) is 18.7. The van der Waals surface area contributed by atoms with Gasteiger partial charge in [-0.25, -0.2) is 0 Å². The van der Waals surface area contributed by atoms with E-state index in [-0.39, 0.29) is 5.91 Å². The second-order valence-electron chi connectivity index (χ2n) is 9.01. The molecule has 0 N–H and O–H groups in total. The van der Waals surface area contributed by atoms with Crippen LogP contribution in [0.25, 0.3) is 0 Å². The van der Waals surface area contributed by atoms with Crippen LogP contribution in [-0.4, -0.2) is 57.2 Å². The number of hydrogen-bond donors (Lipinski definition) is 0. The van der Waals surface area contributed by atoms with Gasteiger partial charge in [-0.2, -0.15) is 5.10 Å². The summed E-state index contributed by atoms with van der Waals surface area (Å²) in [6.45, 7) is 4.19. The van der Waals surface area contributed by atoms with Gasteiger partial charge in [0, 0.05) is 25.0 Å². The first-order chi connectivity index (χ1) is 13.8. The normalized spacial score (nSPS) is 33.6. The summed E-state index contributed by atoms with van der Waals surface area (Å²) in [5.74, 6) is 1.30. The molecular weight excluding hydrogens is 348 g/mol. The maximum Gasteiger partial charge on any atom is 0.257 e. The molecule has 2 aromatic rings. The van der Waals surface area contributed by atoms with Crippen molar-refractivity contribution in [2.75, 3.05) is 19.6 Å². The number of carbonyl (C=O) groups excluding carboxylic acids is 1. The molecule has 1 amide bonds. The van der Waals surface area contributed by atoms with Crippen molar-refractivity contribution in [3.63, 3.8) is 0 Å². The molecule has 28 heavy (non-hydrogen) atoms. The molecule has 5 nitrogen and oxygen atoms in total. The van der Waals surface area contributed by atoms with Gasteiger partial charge in [-0.15, -0.1) is 0 Å². The minimum atomic E-state index is 0.227. The fraction of sp³-hybridized carbons (Fsp3) is 0.565. The smallest absolute Gasteiger partial charge is 0.257 e. The number of nitrogens with zero attached hydrogens (tertiary/aromatic N) is 4. The lowest BCUT2D eigenvalue weighted by Gasteiger charge is -2.51. The van der Waals surface area contributed by atoms with E-state index in [1.165, 1.54) is 44.3 Å². The van der Waals surface area contributed by atoms with Gasteiger partial charge in [-0.1, -0.05) is 30.3 Å². The first kappa shape index (κ1) is 16.8. The number of amides is 1. The lowest BCUT2D eigenvalue weighted by atomic mass is 9.75. The van der Waals surface area contributed by atoms with Crippen molar-refractivity contribution in [1.82, 2.24) is 19.6 Å². The third-order valence-corrected chi connectivity index (χ3v) is 7.70. The second-order valence-corrected chi connectivity index (χ2v) is 9.01. The Kier molecular flexibility index (Phi) is 3.86. The largest absolute Gasteiger partial charge is 0.333 e. The predicted molar refractivity (Wildman–Crippen MR) is 107 cm³/mol. The standard InChI is InChI=1S/C23H28N4O/c28-23(18-14-24-27-11-5-4-8-20(18)27)26-15-19(16-6-2-1-3-7-16)22-21(26)17-9-12-25(22)13-10-17/h1-3,6-7,14,17,19,21-22H,4-5,8-13,15H2/t19-,21-,22-/m1/s1. The average molecular weight is 377 g/mol. The van der Waals surface area contributed by atoms with Crippen LogP contribution in [-0.2, 0) is 13.0 Å². The number of hydrogen-bond acceptors (Lipinski definition) is 3. The van der Waals surface area contributed by atoms with Gasteiger partial charge in [0.1, 0.15) is 0 Å². The highest BCUT2D eigenvalue weighted by Gasteiger charge is 2.54. The van der Waals surface area contributed by atoms with Gasteiger partial charge < -0.3 is 4.90 Å². The molecule has 1 aromatic carbocycles. The summed E-state index contributed by atoms with van der Waals surface area (Å²) in [7, 11) is 0. The molecule has 0 saturated carbocycles. The summed E-state index contributed by atoms with van der Waals surface area (Å²) >= 11 is 0. The Bertz CT molecular complexity index is 883. The molecule has 4 saturated heterocycles. The van der Waals surface area contributed by atoms with Crippen LogP contribution in [0.3, 0.4) is 0 Å². The minimum Gasteiger partial charge on any atom is -0.333 e. The van der Waals surface area contributed by atoms with Crippen molar-refractivity contribution in [3.05, 3.63) is 53.3 Å². The number of benzene rings is 1. The van der Waals surface area contributed by atoms with Crippen molar-refractivity contribution < 1.29 is 4.79 Å². The second kappa shape index (κ2) is 6.45. The Labute approximate surface area is 166 Å². The van der Waals surface area contributed by atoms with Gasteiger partial charge in [0.25, 0.3) is 5.91 Å². The summed E-state index contributed by atoms with van der Waals surface area (Å²) in [6, 6.07) is 11.7. The number of fused-ring (bicyclic) bond motifs is 3. The van der Waals surface area contributed by atoms with Crippen molar-refractivity contribution in [2.45, 2.75) is 56.7 Å². The minimum absolute atomic E-state index is 0.227. The summed E-state index contributed by atoms with van der Waals surface area (Å²) < 4.78 is 2.06. The third-order valence-electron chi connectivity index (χ3n) is 7.70. The van der Waals surface area contributed by atoms with E-state index in [4.69, 9.17) is 0 Å². The average Bonchev–Trinajstić information content (AvgIpc) is 3.38. The molecule has 146 valence electrons. The van der Waals surface area contributed by atoms with Crippen molar-refractivity contribution in [2.24, 2.45) is 5.92 Å². The molecule has 5 aliphatic heterocycles. The van der Waals surface area contributed by atoms with Crippen LogP contribution < -0.4 is 0 Å². The number of rotatable bonds is 2. The molecule has 0 spiro atoms. The van der Waals surface area contributed by atoms with E-state index in [0.29, 0.717) is 23.9 Å². The number of aromatic nitrogens is 2. The lowest BCUT2D eigenvalue weighted by molar-refractivity contribution is -0.00345. The maximum atomic E-state index is 13.7. The molecule has 0 radical (unpaired) electrons. The molecule has 6 heterocycles. The molecule has 4 fully saturated rings. The van der Waals surface area contributed by atoms with Crippen LogP contribution in [0.1, 0.15) is 53.2 Å². The summed E-state index contributed by atoms with van der Waals surface area (Å²) in [5, 5.41) is 4.54. The fourth-order valence-electron chi connectivity index (χ4n) is 6.40. The lowest BCUT2D eigenvalue weighted by Crippen LogP contribution is -2.60. The SMILES string of the molecule is O=C(c1cnn2c1CCCC2)N1C[C@H](c2ccccc2)[C@@H]2[C@H]1C1CCN2CC1. The zero-order chi connectivity index (χ0) is 18.7. The molecule has 3 atom stereocenters. The van der Waals surface area contributed by atoms with E-state index in [2.05, 4.69) is 49.9 Å². The van der Waals surface area contributed by atoms with E-state index in [1.807, 2.05) is 6.20 Å². The Morgan fingerprint density at radius 3 is 2.64 bits per heavy atom. The highest BCUT2D eigenvalue weighted by atomic mass is 16.2. The number of carbonyl (C=O) groups is 1. The molecule has 0 unspecified atom stereocenters. The van der Waals surface area contributed by atoms with E-state index in [9.17, 15) is 4.79 Å². The molecule has 1 aromatic heterocycles. The zero-order valence-electron chi connectivity index (χ0n) is 16.3. The van der Waals surface area contributed by atoms with Crippen LogP contribution in [0.5, 0.6) is 0 Å². The van der Waals surface area contributed by atoms with Crippen LogP contribution in [0.15, 0.2) is 36.5 Å². The van der Waals surface area contributed by atoms with Crippen molar-refractivity contribution in [3.8, 4) is 0 Å². The third kappa shape index (κ3) is 2.41. The Morgan fingerprint density at radius 2 is 1.82 bits per heavy atom. The monoisotopic (exact) mass is 376 g/mol. The molecule has 0 aliphatic carbocycles. The van der Waals surface area contributed by atoms with Crippen LogP contribution in [0, 0.1) is 5.92 Å². The summed E-state index contributed by atoms with van der Waals surface area (Å²) in [6.07, 6.45) is 7.64. The number of likely N-dealkylation sites (tertiary alicyclic amines) is 1. The number of piperidine rings is 3. The van der Waals surface area contributed by atoms with E-state index >= 15 is 0 Å². The molecular formula is C23H28N4O. The summed E-state index contributed by atoms with van der Waals surface area (Å²) in [5.41, 5.74) is 3.42. The highest BCUT2D eigenvalue weighted by Crippen LogP contribution is 2.47. The zero-order valence-corrected chi connectivity index (χ0v) is 16.3. The van der Waals surface area contributed by atoms with Gasteiger partial charge >= 0.3 is 0 Å². The van der Waals surface area contributed by atoms with Gasteiger partial charge in [-0.3, -0.25) is 14.4 Å². The number of aryl methyl sites for hydroxylation is 1. The van der Waals surface area contributed by atoms with Gasteiger partial charge in [0.2, 0.25) is 0 Å². The first-order valence-corrected chi connectivity index (χ1v) is 11.0. The molecule has 5 heteroatoms. The Hall–Kier alpha value is -2.14. The molecule has 7 rings (SSSR count). The maximum absolute atomic E-state index is 13.7. The Balaban J connectivity index is 1.38. The molecule has 5 aliphatic rings. The topological polar surface area (TPSA) is 41.4 Å². The quantitative estimate of drug-likeness (QED) is 0.809. The van der Waals surface area contributed by atoms with Crippen molar-refractivity contribution in [1.29, 1.82) is 0 Å². The van der Waals surface area contributed by atoms with Crippen molar-refractivity contribution >= 4 is 5.91 Å². The predicted octanol–water partition coefficient (Wildman–Crippen LogP) is 2.92. The van der Waals surface area contributed by atoms with E-state index in [1.54, 1.807) is 0 Å². The molecule has 2 bridgehead atoms. The highest BCUT2D eigenvalue weighted by molar-refractivity contribution is 5.96. The van der Waals surface area contributed by atoms with Gasteiger partial charge in [0.15, 0.2) is 0 Å². The van der Waals surface area contributed by atoms with Crippen LogP contribution in [0.4, 0.5) is 0 Å². The first-order valence-electron chi connectivity index (χ1n) is 11.0. The fourth-order valence-corrected chi connectivity index (χ4v) is 6.40.